The van der Waals surface area contributed by atoms with Crippen LogP contribution in [0.5, 0.6) is 0 Å². The summed E-state index contributed by atoms with van der Waals surface area (Å²) in [5.74, 6) is 0. The topological polar surface area (TPSA) is 37.3 Å². The predicted octanol–water partition coefficient (Wildman–Crippen LogP) is 7.17. The highest BCUT2D eigenvalue weighted by molar-refractivity contribution is 7.15. The third-order valence-electron chi connectivity index (χ3n) is 7.14. The van der Waals surface area contributed by atoms with Gasteiger partial charge in [0.15, 0.2) is 0 Å². The van der Waals surface area contributed by atoms with E-state index in [1.165, 1.54) is 45.0 Å². The van der Waals surface area contributed by atoms with Crippen molar-refractivity contribution >= 4 is 23.1 Å². The van der Waals surface area contributed by atoms with Gasteiger partial charge in [-0.2, -0.15) is 0 Å². The highest BCUT2D eigenvalue weighted by Crippen LogP contribution is 2.44. The van der Waals surface area contributed by atoms with Crippen LogP contribution in [0.2, 0.25) is 0 Å². The van der Waals surface area contributed by atoms with Crippen LogP contribution in [0.25, 0.3) is 5.00 Å². The van der Waals surface area contributed by atoms with Crippen LogP contribution in [0, 0.1) is 13.8 Å². The molecule has 2 amide bonds. The Bertz CT molecular complexity index is 1350. The second-order valence-corrected chi connectivity index (χ2v) is 10.6. The summed E-state index contributed by atoms with van der Waals surface area (Å²) in [5.41, 5.74) is 8.29. The zero-order chi connectivity index (χ0) is 23.2. The van der Waals surface area contributed by atoms with Crippen molar-refractivity contribution < 1.29 is 4.79 Å². The van der Waals surface area contributed by atoms with E-state index < -0.39 is 0 Å². The van der Waals surface area contributed by atoms with Crippen molar-refractivity contribution in [2.75, 3.05) is 5.32 Å². The van der Waals surface area contributed by atoms with E-state index in [1.54, 1.807) is 0 Å². The van der Waals surface area contributed by atoms with Gasteiger partial charge in [-0.05, 0) is 74.9 Å². The summed E-state index contributed by atoms with van der Waals surface area (Å²) < 4.78 is 2.34. The zero-order valence-corrected chi connectivity index (χ0v) is 20.5. The molecule has 0 saturated carbocycles. The second-order valence-electron chi connectivity index (χ2n) is 9.53. The molecule has 5 heteroatoms. The minimum absolute atomic E-state index is 0.0641. The lowest BCUT2D eigenvalue weighted by atomic mass is 9.95. The molecule has 6 rings (SSSR count). The number of nitrogens with zero attached hydrogens (tertiary/aromatic N) is 2. The maximum atomic E-state index is 13.9. The lowest BCUT2D eigenvalue weighted by Gasteiger charge is -2.31. The number of aryl methyl sites for hydroxylation is 3. The lowest BCUT2D eigenvalue weighted by Crippen LogP contribution is -2.38. The van der Waals surface area contributed by atoms with Crippen molar-refractivity contribution in [3.8, 4) is 5.00 Å². The molecule has 1 N–H and O–H groups in total. The Morgan fingerprint density at radius 1 is 0.912 bits per heavy atom. The largest absolute Gasteiger partial charge is 0.322 e. The normalized spacial score (nSPS) is 16.9. The molecule has 2 aliphatic rings. The molecule has 0 bridgehead atoms. The minimum atomic E-state index is -0.167. The maximum absolute atomic E-state index is 13.9. The molecule has 34 heavy (non-hydrogen) atoms. The van der Waals surface area contributed by atoms with Crippen LogP contribution < -0.4 is 5.32 Å². The number of fused-ring (bicyclic) bond motifs is 5. The first kappa shape index (κ1) is 21.2. The third kappa shape index (κ3) is 3.64. The van der Waals surface area contributed by atoms with Crippen LogP contribution >= 0.6 is 11.3 Å². The summed E-state index contributed by atoms with van der Waals surface area (Å²) in [7, 11) is 0. The van der Waals surface area contributed by atoms with Crippen molar-refractivity contribution in [2.45, 2.75) is 52.1 Å². The summed E-state index contributed by atoms with van der Waals surface area (Å²) in [6.45, 7) is 4.77. The molecule has 1 aliphatic carbocycles. The number of urea groups is 1. The van der Waals surface area contributed by atoms with Gasteiger partial charge in [-0.3, -0.25) is 0 Å². The average Bonchev–Trinajstić information content (AvgIpc) is 3.43. The average molecular weight is 468 g/mol. The van der Waals surface area contributed by atoms with E-state index in [9.17, 15) is 4.79 Å². The number of rotatable bonds is 2. The summed E-state index contributed by atoms with van der Waals surface area (Å²) in [6, 6.07) is 20.7. The lowest BCUT2D eigenvalue weighted by molar-refractivity contribution is 0.194. The maximum Gasteiger partial charge on any atom is 0.322 e. The predicted molar refractivity (Wildman–Crippen MR) is 139 cm³/mol. The quantitative estimate of drug-likeness (QED) is 0.333. The fourth-order valence-corrected chi connectivity index (χ4v) is 6.72. The van der Waals surface area contributed by atoms with Gasteiger partial charge in [-0.25, -0.2) is 4.79 Å². The molecule has 0 fully saturated rings. The van der Waals surface area contributed by atoms with Gasteiger partial charge in [0, 0.05) is 22.3 Å². The van der Waals surface area contributed by atoms with Crippen LogP contribution in [0.15, 0.2) is 66.9 Å². The third-order valence-corrected chi connectivity index (χ3v) is 8.47. The van der Waals surface area contributed by atoms with Crippen molar-refractivity contribution in [1.29, 1.82) is 0 Å². The van der Waals surface area contributed by atoms with Gasteiger partial charge in [-0.1, -0.05) is 47.5 Å². The van der Waals surface area contributed by atoms with Gasteiger partial charge in [-0.15, -0.1) is 11.3 Å². The van der Waals surface area contributed by atoms with E-state index in [0.717, 1.165) is 29.8 Å². The number of hydrogen-bond donors (Lipinski definition) is 1. The van der Waals surface area contributed by atoms with E-state index in [0.29, 0.717) is 6.54 Å². The molecule has 0 spiro atoms. The number of nitrogens with one attached hydrogen (secondary N) is 1. The van der Waals surface area contributed by atoms with Gasteiger partial charge in [0.2, 0.25) is 0 Å². The Kier molecular flexibility index (Phi) is 5.30. The molecule has 1 unspecified atom stereocenters. The molecular weight excluding hydrogens is 438 g/mol. The first-order valence-electron chi connectivity index (χ1n) is 12.1. The highest BCUT2D eigenvalue weighted by Gasteiger charge is 2.36. The number of anilines is 1. The van der Waals surface area contributed by atoms with E-state index in [1.807, 2.05) is 40.5 Å². The zero-order valence-electron chi connectivity index (χ0n) is 19.7. The summed E-state index contributed by atoms with van der Waals surface area (Å²) in [4.78, 5) is 17.4. The number of carbonyl (C=O) groups is 1. The molecule has 0 saturated heterocycles. The van der Waals surface area contributed by atoms with Gasteiger partial charge >= 0.3 is 6.03 Å². The highest BCUT2D eigenvalue weighted by atomic mass is 32.1. The first-order valence-corrected chi connectivity index (χ1v) is 12.9. The number of hydrogen-bond acceptors (Lipinski definition) is 2. The van der Waals surface area contributed by atoms with Crippen LogP contribution in [-0.4, -0.2) is 15.5 Å². The molecule has 1 atom stereocenters. The number of thiophene rings is 1. The van der Waals surface area contributed by atoms with Crippen molar-refractivity contribution in [1.82, 2.24) is 9.47 Å². The van der Waals surface area contributed by atoms with Crippen molar-refractivity contribution in [3.05, 3.63) is 105 Å². The Morgan fingerprint density at radius 3 is 2.38 bits per heavy atom. The fourth-order valence-electron chi connectivity index (χ4n) is 5.32. The van der Waals surface area contributed by atoms with Gasteiger partial charge in [0.25, 0.3) is 0 Å². The molecule has 4 aromatic rings. The second kappa shape index (κ2) is 8.48. The van der Waals surface area contributed by atoms with Crippen LogP contribution in [0.4, 0.5) is 10.5 Å². The van der Waals surface area contributed by atoms with E-state index in [4.69, 9.17) is 0 Å². The SMILES string of the molecule is Cc1ccc(NC(=O)N2Cc3c(sc4c3CCCC4)-n3cccc3C2c2ccc(C)cc2)cc1. The molecular formula is C29H29N3OS. The first-order chi connectivity index (χ1) is 16.6. The number of amides is 2. The van der Waals surface area contributed by atoms with Crippen molar-refractivity contribution in [3.63, 3.8) is 0 Å². The summed E-state index contributed by atoms with van der Waals surface area (Å²) >= 11 is 1.92. The molecule has 2 aromatic carbocycles. The fraction of sp³-hybridized carbons (Fsp3) is 0.276. The van der Waals surface area contributed by atoms with E-state index >= 15 is 0 Å². The summed E-state index contributed by atoms with van der Waals surface area (Å²) in [6.07, 6.45) is 6.92. The van der Waals surface area contributed by atoms with Gasteiger partial charge < -0.3 is 14.8 Å². The molecule has 1 aliphatic heterocycles. The molecule has 4 nitrogen and oxygen atoms in total. The molecule has 2 aromatic heterocycles. The number of benzene rings is 2. The van der Waals surface area contributed by atoms with Crippen LogP contribution in [0.1, 0.15) is 57.3 Å². The standard InChI is InChI=1S/C29H29N3OS/c1-19-9-13-21(14-10-19)27-25-7-5-17-31(25)28-24(23-6-3-4-8-26(23)34-28)18-32(27)29(33)30-22-15-11-20(2)12-16-22/h5,7,9-17,27H,3-4,6,8,18H2,1-2H3,(H,30,33). The van der Waals surface area contributed by atoms with Gasteiger partial charge in [0.05, 0.1) is 18.3 Å². The molecule has 172 valence electrons. The number of carbonyl (C=O) groups excluding carboxylic acids is 1. The summed E-state index contributed by atoms with van der Waals surface area (Å²) in [5, 5.41) is 4.47. The Balaban J connectivity index is 1.49. The van der Waals surface area contributed by atoms with Gasteiger partial charge in [0.1, 0.15) is 5.00 Å². The van der Waals surface area contributed by atoms with E-state index in [-0.39, 0.29) is 12.1 Å². The molecule has 0 radical (unpaired) electrons. The monoisotopic (exact) mass is 467 g/mol. The minimum Gasteiger partial charge on any atom is -0.310 e. The molecule has 3 heterocycles. The van der Waals surface area contributed by atoms with E-state index in [2.05, 4.69) is 66.3 Å². The number of aromatic nitrogens is 1. The van der Waals surface area contributed by atoms with Crippen LogP contribution in [-0.2, 0) is 19.4 Å². The van der Waals surface area contributed by atoms with Crippen LogP contribution in [0.3, 0.4) is 0 Å². The Labute approximate surface area is 204 Å². The Morgan fingerprint density at radius 2 is 1.62 bits per heavy atom. The Hall–Kier alpha value is -3.31. The smallest absolute Gasteiger partial charge is 0.310 e. The van der Waals surface area contributed by atoms with Crippen molar-refractivity contribution in [2.24, 2.45) is 0 Å².